The minimum Gasteiger partial charge on any atom is -0.493 e. The van der Waals surface area contributed by atoms with Gasteiger partial charge in [-0.3, -0.25) is 4.55 Å². The van der Waals surface area contributed by atoms with Gasteiger partial charge in [-0.25, -0.2) is 0 Å². The van der Waals surface area contributed by atoms with Crippen molar-refractivity contribution >= 4 is 10.1 Å². The molecule has 0 heterocycles. The Kier molecular flexibility index (Phi) is 4.32. The summed E-state index contributed by atoms with van der Waals surface area (Å²) in [5.41, 5.74) is 0.700. The second-order valence-electron chi connectivity index (χ2n) is 3.60. The molecule has 4 nitrogen and oxygen atoms in total. The van der Waals surface area contributed by atoms with Gasteiger partial charge in [-0.2, -0.15) is 8.42 Å². The molecule has 0 radical (unpaired) electrons. The van der Waals surface area contributed by atoms with Crippen LogP contribution in [-0.4, -0.2) is 19.6 Å². The molecule has 1 aromatic rings. The highest BCUT2D eigenvalue weighted by atomic mass is 32.2. The lowest BCUT2D eigenvalue weighted by atomic mass is 10.2. The van der Waals surface area contributed by atoms with E-state index < -0.39 is 10.1 Å². The Morgan fingerprint density at radius 2 is 2.06 bits per heavy atom. The van der Waals surface area contributed by atoms with Crippen LogP contribution in [0.5, 0.6) is 5.75 Å². The van der Waals surface area contributed by atoms with Crippen LogP contribution in [0.25, 0.3) is 0 Å². The fourth-order valence-corrected chi connectivity index (χ4v) is 1.84. The fourth-order valence-electron chi connectivity index (χ4n) is 1.27. The molecule has 0 fully saturated rings. The number of benzene rings is 1. The molecule has 90 valence electrons. The summed E-state index contributed by atoms with van der Waals surface area (Å²) in [6.45, 7) is 4.43. The van der Waals surface area contributed by atoms with Gasteiger partial charge in [0.05, 0.1) is 11.5 Å². The van der Waals surface area contributed by atoms with Crippen LogP contribution >= 0.6 is 0 Å². The highest BCUT2D eigenvalue weighted by Crippen LogP contribution is 2.21. The monoisotopic (exact) mass is 244 g/mol. The predicted molar refractivity (Wildman–Crippen MR) is 61.4 cm³/mol. The van der Waals surface area contributed by atoms with E-state index in [1.54, 1.807) is 13.0 Å². The van der Waals surface area contributed by atoms with Crippen molar-refractivity contribution in [3.8, 4) is 5.75 Å². The molecule has 0 aromatic heterocycles. The first-order valence-corrected chi connectivity index (χ1v) is 6.60. The largest absolute Gasteiger partial charge is 0.493 e. The number of aryl methyl sites for hydroxylation is 1. The molecular formula is C11H16O4S. The molecule has 0 unspecified atom stereocenters. The summed E-state index contributed by atoms with van der Waals surface area (Å²) < 4.78 is 36.1. The van der Waals surface area contributed by atoms with Gasteiger partial charge >= 0.3 is 0 Å². The van der Waals surface area contributed by atoms with Gasteiger partial charge in [-0.15, -0.1) is 0 Å². The molecule has 1 rings (SSSR count). The zero-order valence-corrected chi connectivity index (χ0v) is 10.3. The third kappa shape index (κ3) is 3.50. The molecule has 1 aromatic carbocycles. The Morgan fingerprint density at radius 1 is 1.38 bits per heavy atom. The van der Waals surface area contributed by atoms with Crippen LogP contribution in [0.3, 0.4) is 0 Å². The lowest BCUT2D eigenvalue weighted by Crippen LogP contribution is -2.01. The van der Waals surface area contributed by atoms with E-state index in [9.17, 15) is 8.42 Å². The maximum atomic E-state index is 10.9. The molecule has 0 aliphatic carbocycles. The van der Waals surface area contributed by atoms with Gasteiger partial charge in [0.15, 0.2) is 0 Å². The van der Waals surface area contributed by atoms with Crippen molar-refractivity contribution in [2.75, 3.05) is 6.61 Å². The standard InChI is InChI=1S/C11H16O4S/c1-3-4-7-15-11-6-5-10(8-9(11)2)16(12,13)14/h5-6,8H,3-4,7H2,1-2H3,(H,12,13,14). The van der Waals surface area contributed by atoms with Crippen molar-refractivity contribution in [1.29, 1.82) is 0 Å². The molecule has 0 amide bonds. The van der Waals surface area contributed by atoms with Crippen LogP contribution in [-0.2, 0) is 10.1 Å². The Bertz CT molecular complexity index is 451. The van der Waals surface area contributed by atoms with Crippen molar-refractivity contribution in [3.63, 3.8) is 0 Å². The molecule has 0 aliphatic rings. The van der Waals surface area contributed by atoms with Gasteiger partial charge in [0.2, 0.25) is 0 Å². The fraction of sp³-hybridized carbons (Fsp3) is 0.455. The van der Waals surface area contributed by atoms with E-state index in [1.807, 2.05) is 0 Å². The summed E-state index contributed by atoms with van der Waals surface area (Å²) in [5.74, 6) is 0.654. The molecule has 16 heavy (non-hydrogen) atoms. The van der Waals surface area contributed by atoms with E-state index in [-0.39, 0.29) is 4.90 Å². The van der Waals surface area contributed by atoms with Crippen LogP contribution in [0.4, 0.5) is 0 Å². The van der Waals surface area contributed by atoms with E-state index in [4.69, 9.17) is 9.29 Å². The first-order valence-electron chi connectivity index (χ1n) is 5.16. The first-order chi connectivity index (χ1) is 7.45. The van der Waals surface area contributed by atoms with E-state index >= 15 is 0 Å². The normalized spacial score (nSPS) is 11.4. The van der Waals surface area contributed by atoms with E-state index in [0.717, 1.165) is 12.8 Å². The Hall–Kier alpha value is -1.07. The SMILES string of the molecule is CCCCOc1ccc(S(=O)(=O)O)cc1C. The smallest absolute Gasteiger partial charge is 0.294 e. The molecule has 0 atom stereocenters. The molecular weight excluding hydrogens is 228 g/mol. The van der Waals surface area contributed by atoms with Crippen LogP contribution < -0.4 is 4.74 Å². The highest BCUT2D eigenvalue weighted by Gasteiger charge is 2.11. The summed E-state index contributed by atoms with van der Waals surface area (Å²) in [6.07, 6.45) is 2.00. The number of rotatable bonds is 5. The summed E-state index contributed by atoms with van der Waals surface area (Å²) in [6, 6.07) is 4.30. The molecule has 0 saturated heterocycles. The molecule has 0 aliphatic heterocycles. The van der Waals surface area contributed by atoms with Crippen molar-refractivity contribution in [1.82, 2.24) is 0 Å². The average Bonchev–Trinajstić information content (AvgIpc) is 2.19. The van der Waals surface area contributed by atoms with Crippen LogP contribution in [0.2, 0.25) is 0 Å². The number of hydrogen-bond donors (Lipinski definition) is 1. The van der Waals surface area contributed by atoms with E-state index in [0.29, 0.717) is 17.9 Å². The average molecular weight is 244 g/mol. The summed E-state index contributed by atoms with van der Waals surface area (Å²) >= 11 is 0. The second kappa shape index (κ2) is 5.32. The lowest BCUT2D eigenvalue weighted by molar-refractivity contribution is 0.307. The number of hydrogen-bond acceptors (Lipinski definition) is 3. The third-order valence-corrected chi connectivity index (χ3v) is 3.05. The van der Waals surface area contributed by atoms with Crippen LogP contribution in [0.1, 0.15) is 25.3 Å². The van der Waals surface area contributed by atoms with E-state index in [1.165, 1.54) is 12.1 Å². The van der Waals surface area contributed by atoms with Gasteiger partial charge < -0.3 is 4.74 Å². The Morgan fingerprint density at radius 3 is 2.56 bits per heavy atom. The lowest BCUT2D eigenvalue weighted by Gasteiger charge is -2.09. The zero-order valence-electron chi connectivity index (χ0n) is 9.43. The van der Waals surface area contributed by atoms with Crippen molar-refractivity contribution in [2.24, 2.45) is 0 Å². The molecule has 1 N–H and O–H groups in total. The maximum Gasteiger partial charge on any atom is 0.294 e. The second-order valence-corrected chi connectivity index (χ2v) is 5.03. The third-order valence-electron chi connectivity index (χ3n) is 2.20. The minimum absolute atomic E-state index is 0.104. The molecule has 5 heteroatoms. The van der Waals surface area contributed by atoms with Crippen molar-refractivity contribution in [3.05, 3.63) is 23.8 Å². The molecule has 0 bridgehead atoms. The van der Waals surface area contributed by atoms with Crippen LogP contribution in [0, 0.1) is 6.92 Å². The van der Waals surface area contributed by atoms with Crippen molar-refractivity contribution < 1.29 is 17.7 Å². The molecule has 0 spiro atoms. The van der Waals surface area contributed by atoms with Gasteiger partial charge in [0.25, 0.3) is 10.1 Å². The maximum absolute atomic E-state index is 10.9. The van der Waals surface area contributed by atoms with E-state index in [2.05, 4.69) is 6.92 Å². The first kappa shape index (κ1) is 13.0. The number of ether oxygens (including phenoxy) is 1. The summed E-state index contributed by atoms with van der Waals surface area (Å²) in [4.78, 5) is -0.104. The van der Waals surface area contributed by atoms with Gasteiger partial charge in [-0.05, 0) is 37.1 Å². The predicted octanol–water partition coefficient (Wildman–Crippen LogP) is 2.42. The Balaban J connectivity index is 2.84. The summed E-state index contributed by atoms with van der Waals surface area (Å²) in [5, 5.41) is 0. The highest BCUT2D eigenvalue weighted by molar-refractivity contribution is 7.85. The zero-order chi connectivity index (χ0) is 12.2. The van der Waals surface area contributed by atoms with Gasteiger partial charge in [0, 0.05) is 0 Å². The van der Waals surface area contributed by atoms with Gasteiger partial charge in [0.1, 0.15) is 5.75 Å². The molecule has 0 saturated carbocycles. The topological polar surface area (TPSA) is 63.6 Å². The number of unbranched alkanes of at least 4 members (excludes halogenated alkanes) is 1. The minimum atomic E-state index is -4.12. The summed E-state index contributed by atoms with van der Waals surface area (Å²) in [7, 11) is -4.12. The van der Waals surface area contributed by atoms with Crippen LogP contribution in [0.15, 0.2) is 23.1 Å². The van der Waals surface area contributed by atoms with Crippen molar-refractivity contribution in [2.45, 2.75) is 31.6 Å². The quantitative estimate of drug-likeness (QED) is 0.638. The van der Waals surface area contributed by atoms with Gasteiger partial charge in [-0.1, -0.05) is 13.3 Å². The Labute approximate surface area is 96.0 Å².